The van der Waals surface area contributed by atoms with Crippen LogP contribution in [0.4, 0.5) is 0 Å². The summed E-state index contributed by atoms with van der Waals surface area (Å²) in [4.78, 5) is 22.8. The summed E-state index contributed by atoms with van der Waals surface area (Å²) < 4.78 is 5.35. The maximum atomic E-state index is 12.3. The lowest BCUT2D eigenvalue weighted by atomic mass is 10.1. The molecule has 6 heteroatoms. The fourth-order valence-corrected chi connectivity index (χ4v) is 2.30. The van der Waals surface area contributed by atoms with Gasteiger partial charge in [-0.1, -0.05) is 51.2 Å². The van der Waals surface area contributed by atoms with Gasteiger partial charge in [-0.3, -0.25) is 14.8 Å². The van der Waals surface area contributed by atoms with Crippen molar-refractivity contribution < 1.29 is 24.6 Å². The Hall–Kier alpha value is -2.08. The van der Waals surface area contributed by atoms with Crippen molar-refractivity contribution in [3.63, 3.8) is 0 Å². The summed E-state index contributed by atoms with van der Waals surface area (Å²) in [6, 6.07) is 6.52. The van der Waals surface area contributed by atoms with E-state index in [9.17, 15) is 14.8 Å². The standard InChI is InChI=1S/C18H27NO5/c1-2-3-4-5-6-9-13-19(23)18(22)15-10-7-8-11-16(15)24-14-12-17(20)21/h7-8,10-11,23H,2-6,9,12-14H2,1H3,(H,20,21). The largest absolute Gasteiger partial charge is 0.492 e. The first-order valence-electron chi connectivity index (χ1n) is 8.50. The zero-order valence-corrected chi connectivity index (χ0v) is 14.2. The van der Waals surface area contributed by atoms with Crippen molar-refractivity contribution in [2.24, 2.45) is 0 Å². The third-order valence-electron chi connectivity index (χ3n) is 3.65. The molecule has 1 amide bonds. The van der Waals surface area contributed by atoms with Gasteiger partial charge in [0.1, 0.15) is 5.75 Å². The number of amides is 1. The topological polar surface area (TPSA) is 87.1 Å². The SMILES string of the molecule is CCCCCCCCN(O)C(=O)c1ccccc1OCCC(=O)O. The predicted molar refractivity (Wildman–Crippen MR) is 90.4 cm³/mol. The number of hydrogen-bond acceptors (Lipinski definition) is 4. The third-order valence-corrected chi connectivity index (χ3v) is 3.65. The summed E-state index contributed by atoms with van der Waals surface area (Å²) in [5, 5.41) is 19.3. The van der Waals surface area contributed by atoms with Crippen LogP contribution in [0, 0.1) is 0 Å². The van der Waals surface area contributed by atoms with E-state index in [1.165, 1.54) is 19.3 Å². The van der Waals surface area contributed by atoms with Crippen LogP contribution in [-0.4, -0.2) is 40.4 Å². The van der Waals surface area contributed by atoms with Gasteiger partial charge >= 0.3 is 5.97 Å². The number of unbranched alkanes of at least 4 members (excludes halogenated alkanes) is 5. The molecular formula is C18H27NO5. The molecule has 0 spiro atoms. The third kappa shape index (κ3) is 7.46. The Labute approximate surface area is 143 Å². The molecular weight excluding hydrogens is 310 g/mol. The Balaban J connectivity index is 2.49. The van der Waals surface area contributed by atoms with E-state index in [0.717, 1.165) is 19.3 Å². The van der Waals surface area contributed by atoms with Gasteiger partial charge in [0.2, 0.25) is 0 Å². The first-order valence-corrected chi connectivity index (χ1v) is 8.50. The number of nitrogens with zero attached hydrogens (tertiary/aromatic N) is 1. The van der Waals surface area contributed by atoms with Crippen molar-refractivity contribution in [2.45, 2.75) is 51.9 Å². The number of hydrogen-bond donors (Lipinski definition) is 2. The lowest BCUT2D eigenvalue weighted by molar-refractivity contribution is -0.137. The fourth-order valence-electron chi connectivity index (χ4n) is 2.30. The molecule has 0 unspecified atom stereocenters. The smallest absolute Gasteiger partial charge is 0.306 e. The van der Waals surface area contributed by atoms with E-state index < -0.39 is 11.9 Å². The molecule has 1 rings (SSSR count). The molecule has 0 saturated heterocycles. The average molecular weight is 337 g/mol. The van der Waals surface area contributed by atoms with Gasteiger partial charge in [0.25, 0.3) is 5.91 Å². The monoisotopic (exact) mass is 337 g/mol. The zero-order valence-electron chi connectivity index (χ0n) is 14.2. The van der Waals surface area contributed by atoms with Crippen molar-refractivity contribution in [3.05, 3.63) is 29.8 Å². The maximum Gasteiger partial charge on any atom is 0.306 e. The van der Waals surface area contributed by atoms with E-state index in [0.29, 0.717) is 5.06 Å². The van der Waals surface area contributed by atoms with E-state index in [4.69, 9.17) is 9.84 Å². The number of carboxylic acid groups (broad SMARTS) is 1. The highest BCUT2D eigenvalue weighted by atomic mass is 16.5. The first kappa shape index (κ1) is 20.0. The van der Waals surface area contributed by atoms with Crippen LogP contribution in [0.25, 0.3) is 0 Å². The lowest BCUT2D eigenvalue weighted by Gasteiger charge is -2.17. The van der Waals surface area contributed by atoms with Gasteiger partial charge in [0.05, 0.1) is 18.6 Å². The van der Waals surface area contributed by atoms with Crippen LogP contribution in [0.1, 0.15) is 62.2 Å². The highest BCUT2D eigenvalue weighted by molar-refractivity contribution is 5.96. The first-order chi connectivity index (χ1) is 11.6. The fraction of sp³-hybridized carbons (Fsp3) is 0.556. The van der Waals surface area contributed by atoms with E-state index >= 15 is 0 Å². The van der Waals surface area contributed by atoms with Gasteiger partial charge in [-0.05, 0) is 18.6 Å². The zero-order chi connectivity index (χ0) is 17.8. The summed E-state index contributed by atoms with van der Waals surface area (Å²) >= 11 is 0. The van der Waals surface area contributed by atoms with Gasteiger partial charge in [-0.25, -0.2) is 5.06 Å². The second-order valence-electron chi connectivity index (χ2n) is 5.68. The number of para-hydroxylation sites is 1. The molecule has 1 aromatic carbocycles. The van der Waals surface area contributed by atoms with Crippen LogP contribution in [0.2, 0.25) is 0 Å². The van der Waals surface area contributed by atoms with Crippen LogP contribution in [-0.2, 0) is 4.79 Å². The molecule has 0 atom stereocenters. The second-order valence-corrected chi connectivity index (χ2v) is 5.68. The van der Waals surface area contributed by atoms with Gasteiger partial charge in [0.15, 0.2) is 0 Å². The summed E-state index contributed by atoms with van der Waals surface area (Å²) in [6.45, 7) is 2.40. The molecule has 1 aromatic rings. The number of benzene rings is 1. The van der Waals surface area contributed by atoms with Crippen LogP contribution < -0.4 is 4.74 Å². The minimum atomic E-state index is -0.967. The van der Waals surface area contributed by atoms with Crippen molar-refractivity contribution in [1.29, 1.82) is 0 Å². The van der Waals surface area contributed by atoms with E-state index in [-0.39, 0.29) is 30.9 Å². The van der Waals surface area contributed by atoms with Crippen LogP contribution >= 0.6 is 0 Å². The Morgan fingerprint density at radius 2 is 1.75 bits per heavy atom. The maximum absolute atomic E-state index is 12.3. The molecule has 0 radical (unpaired) electrons. The van der Waals surface area contributed by atoms with Crippen molar-refractivity contribution in [2.75, 3.05) is 13.2 Å². The Bertz CT molecular complexity index is 518. The molecule has 0 aliphatic heterocycles. The van der Waals surface area contributed by atoms with E-state index in [1.54, 1.807) is 24.3 Å². The molecule has 0 aromatic heterocycles. The number of ether oxygens (including phenoxy) is 1. The number of rotatable bonds is 12. The molecule has 6 nitrogen and oxygen atoms in total. The molecule has 134 valence electrons. The minimum absolute atomic E-state index is 0.0253. The lowest BCUT2D eigenvalue weighted by Crippen LogP contribution is -2.29. The minimum Gasteiger partial charge on any atom is -0.492 e. The summed E-state index contributed by atoms with van der Waals surface area (Å²) in [6.07, 6.45) is 6.24. The Morgan fingerprint density at radius 1 is 1.08 bits per heavy atom. The Kier molecular flexibility index (Phi) is 9.53. The van der Waals surface area contributed by atoms with Gasteiger partial charge in [-0.2, -0.15) is 0 Å². The predicted octanol–water partition coefficient (Wildman–Crippen LogP) is 3.73. The summed E-state index contributed by atoms with van der Waals surface area (Å²) in [5.41, 5.74) is 0.233. The Morgan fingerprint density at radius 3 is 2.46 bits per heavy atom. The quantitative estimate of drug-likeness (QED) is 0.345. The van der Waals surface area contributed by atoms with Crippen molar-refractivity contribution >= 4 is 11.9 Å². The average Bonchev–Trinajstić information content (AvgIpc) is 2.57. The number of carboxylic acids is 1. The number of carbonyl (C=O) groups excluding carboxylic acids is 1. The highest BCUT2D eigenvalue weighted by Crippen LogP contribution is 2.20. The van der Waals surface area contributed by atoms with Crippen molar-refractivity contribution in [3.8, 4) is 5.75 Å². The van der Waals surface area contributed by atoms with Crippen LogP contribution in [0.3, 0.4) is 0 Å². The molecule has 0 saturated carbocycles. The number of aliphatic carboxylic acids is 1. The van der Waals surface area contributed by atoms with Crippen molar-refractivity contribution in [1.82, 2.24) is 5.06 Å². The van der Waals surface area contributed by atoms with Gasteiger partial charge in [0, 0.05) is 6.54 Å². The van der Waals surface area contributed by atoms with Gasteiger partial charge < -0.3 is 9.84 Å². The normalized spacial score (nSPS) is 10.4. The van der Waals surface area contributed by atoms with E-state index in [1.807, 2.05) is 0 Å². The summed E-state index contributed by atoms with van der Waals surface area (Å²) in [5.74, 6) is -1.22. The number of hydroxylamine groups is 2. The molecule has 0 aliphatic carbocycles. The molecule has 0 bridgehead atoms. The molecule has 24 heavy (non-hydrogen) atoms. The highest BCUT2D eigenvalue weighted by Gasteiger charge is 2.18. The van der Waals surface area contributed by atoms with E-state index in [2.05, 4.69) is 6.92 Å². The summed E-state index contributed by atoms with van der Waals surface area (Å²) in [7, 11) is 0. The molecule has 0 heterocycles. The van der Waals surface area contributed by atoms with Crippen LogP contribution in [0.5, 0.6) is 5.75 Å². The molecule has 0 aliphatic rings. The molecule has 0 fully saturated rings. The second kappa shape index (κ2) is 11.5. The van der Waals surface area contributed by atoms with Gasteiger partial charge in [-0.15, -0.1) is 0 Å². The molecule has 2 N–H and O–H groups in total. The number of carbonyl (C=O) groups is 2. The van der Waals surface area contributed by atoms with Crippen LogP contribution in [0.15, 0.2) is 24.3 Å².